The Bertz CT molecular complexity index is 494. The normalized spacial score (nSPS) is 26.9. The number of rotatable bonds is 11. The number of ether oxygens (including phenoxy) is 3. The molecule has 2 atom stereocenters. The Balaban J connectivity index is 1.54. The summed E-state index contributed by atoms with van der Waals surface area (Å²) in [6.45, 7) is 11.2. The maximum Gasteiger partial charge on any atom is 0.0869 e. The zero-order valence-corrected chi connectivity index (χ0v) is 17.9. The highest BCUT2D eigenvalue weighted by Gasteiger charge is 2.26. The summed E-state index contributed by atoms with van der Waals surface area (Å²) < 4.78 is 17.2. The van der Waals surface area contributed by atoms with Crippen LogP contribution in [0.1, 0.15) is 32.6 Å². The minimum atomic E-state index is 0.123. The summed E-state index contributed by atoms with van der Waals surface area (Å²) in [6, 6.07) is 0. The topological polar surface area (TPSA) is 34.2 Å². The molecule has 5 nitrogen and oxygen atoms in total. The lowest BCUT2D eigenvalue weighted by atomic mass is 9.94. The summed E-state index contributed by atoms with van der Waals surface area (Å²) in [6.07, 6.45) is 14.2. The summed E-state index contributed by atoms with van der Waals surface area (Å²) in [4.78, 5) is 5.18. The van der Waals surface area contributed by atoms with Crippen LogP contribution >= 0.6 is 0 Å². The predicted octanol–water partition coefficient (Wildman–Crippen LogP) is 2.93. The van der Waals surface area contributed by atoms with E-state index in [0.29, 0.717) is 6.10 Å². The minimum absolute atomic E-state index is 0.123. The van der Waals surface area contributed by atoms with Crippen molar-refractivity contribution in [3.8, 4) is 0 Å². The number of methoxy groups -OCH3 is 1. The summed E-state index contributed by atoms with van der Waals surface area (Å²) in [7, 11) is 1.79. The summed E-state index contributed by atoms with van der Waals surface area (Å²) in [5.41, 5.74) is 1.37. The zero-order valence-electron chi connectivity index (χ0n) is 17.9. The third-order valence-corrected chi connectivity index (χ3v) is 6.15. The highest BCUT2D eigenvalue weighted by Crippen LogP contribution is 2.23. The standard InChI is InChI=1S/C23H39N2O3/c1-3-27-23-9-5-4-7-21(23)18-25(19-22-8-6-15-28-22)17-20-10-12-24(13-11-20)14-16-26-2/h4-5,7,9,20,22-23H,3,6,8,10-19H2,1-2H3. The van der Waals surface area contributed by atoms with Crippen LogP contribution in [0.15, 0.2) is 23.8 Å². The van der Waals surface area contributed by atoms with E-state index in [1.807, 2.05) is 0 Å². The molecule has 0 N–H and O–H groups in total. The van der Waals surface area contributed by atoms with Gasteiger partial charge in [-0.05, 0) is 57.2 Å². The summed E-state index contributed by atoms with van der Waals surface area (Å²) >= 11 is 0. The van der Waals surface area contributed by atoms with Gasteiger partial charge in [0, 0.05) is 52.9 Å². The molecule has 2 fully saturated rings. The molecule has 2 unspecified atom stereocenters. The second kappa shape index (κ2) is 12.1. The van der Waals surface area contributed by atoms with E-state index in [1.165, 1.54) is 44.3 Å². The average molecular weight is 392 g/mol. The van der Waals surface area contributed by atoms with Gasteiger partial charge in [-0.2, -0.15) is 0 Å². The Labute approximate surface area is 171 Å². The molecule has 0 aromatic rings. The molecular weight excluding hydrogens is 352 g/mol. The summed E-state index contributed by atoms with van der Waals surface area (Å²) in [5, 5.41) is 0. The molecule has 1 radical (unpaired) electrons. The Morgan fingerprint density at radius 2 is 2.04 bits per heavy atom. The third-order valence-electron chi connectivity index (χ3n) is 6.15. The molecule has 0 aromatic heterocycles. The van der Waals surface area contributed by atoms with Crippen LogP contribution in [-0.2, 0) is 14.2 Å². The first-order valence-corrected chi connectivity index (χ1v) is 11.2. The van der Waals surface area contributed by atoms with Crippen molar-refractivity contribution >= 4 is 0 Å². The number of hydrogen-bond acceptors (Lipinski definition) is 5. The first-order valence-electron chi connectivity index (χ1n) is 11.2. The Hall–Kier alpha value is -0.720. The molecule has 1 aliphatic carbocycles. The van der Waals surface area contributed by atoms with Crippen molar-refractivity contribution < 1.29 is 14.2 Å². The molecule has 0 aromatic carbocycles. The van der Waals surface area contributed by atoms with E-state index in [9.17, 15) is 0 Å². The third kappa shape index (κ3) is 6.96. The number of allylic oxidation sites excluding steroid dienone is 2. The van der Waals surface area contributed by atoms with Crippen molar-refractivity contribution in [2.75, 3.05) is 66.2 Å². The maximum absolute atomic E-state index is 5.96. The predicted molar refractivity (Wildman–Crippen MR) is 113 cm³/mol. The van der Waals surface area contributed by atoms with Crippen LogP contribution in [0.5, 0.6) is 0 Å². The van der Waals surface area contributed by atoms with E-state index in [4.69, 9.17) is 14.2 Å². The van der Waals surface area contributed by atoms with Crippen LogP contribution in [0.2, 0.25) is 0 Å². The molecule has 2 saturated heterocycles. The molecule has 3 aliphatic rings. The van der Waals surface area contributed by atoms with Crippen molar-refractivity contribution in [2.24, 2.45) is 5.92 Å². The van der Waals surface area contributed by atoms with Crippen molar-refractivity contribution in [3.63, 3.8) is 0 Å². The molecule has 159 valence electrons. The molecule has 2 heterocycles. The van der Waals surface area contributed by atoms with Crippen LogP contribution < -0.4 is 0 Å². The lowest BCUT2D eigenvalue weighted by Crippen LogP contribution is -2.43. The van der Waals surface area contributed by atoms with E-state index in [-0.39, 0.29) is 6.10 Å². The van der Waals surface area contributed by atoms with Gasteiger partial charge in [0.25, 0.3) is 0 Å². The van der Waals surface area contributed by atoms with E-state index >= 15 is 0 Å². The van der Waals surface area contributed by atoms with Gasteiger partial charge in [-0.25, -0.2) is 0 Å². The van der Waals surface area contributed by atoms with Crippen LogP contribution in [0.4, 0.5) is 0 Å². The molecule has 0 saturated carbocycles. The van der Waals surface area contributed by atoms with Crippen LogP contribution in [0.3, 0.4) is 0 Å². The van der Waals surface area contributed by atoms with Crippen LogP contribution in [0.25, 0.3) is 0 Å². The van der Waals surface area contributed by atoms with Gasteiger partial charge in [-0.15, -0.1) is 0 Å². The second-order valence-electron chi connectivity index (χ2n) is 8.30. The largest absolute Gasteiger partial charge is 0.383 e. The van der Waals surface area contributed by atoms with Crippen molar-refractivity contribution in [1.82, 2.24) is 9.80 Å². The van der Waals surface area contributed by atoms with E-state index in [1.54, 1.807) is 7.11 Å². The van der Waals surface area contributed by atoms with Crippen molar-refractivity contribution in [2.45, 2.75) is 44.8 Å². The highest BCUT2D eigenvalue weighted by molar-refractivity contribution is 5.30. The first kappa shape index (κ1) is 22.0. The molecule has 3 rings (SSSR count). The number of likely N-dealkylation sites (tertiary alicyclic amines) is 1. The Morgan fingerprint density at radius 1 is 1.18 bits per heavy atom. The highest BCUT2D eigenvalue weighted by atomic mass is 16.5. The van der Waals surface area contributed by atoms with Gasteiger partial charge in [-0.3, -0.25) is 4.90 Å². The number of nitrogens with zero attached hydrogens (tertiary/aromatic N) is 2. The fourth-order valence-corrected chi connectivity index (χ4v) is 4.56. The first-order chi connectivity index (χ1) is 13.8. The quantitative estimate of drug-likeness (QED) is 0.541. The van der Waals surface area contributed by atoms with Gasteiger partial charge in [0.1, 0.15) is 0 Å². The van der Waals surface area contributed by atoms with E-state index in [2.05, 4.69) is 41.4 Å². The maximum atomic E-state index is 5.96. The van der Waals surface area contributed by atoms with Crippen molar-refractivity contribution in [3.05, 3.63) is 30.2 Å². The fraction of sp³-hybridized carbons (Fsp3) is 0.783. The fourth-order valence-electron chi connectivity index (χ4n) is 4.56. The number of hydrogen-bond donors (Lipinski definition) is 0. The van der Waals surface area contributed by atoms with Gasteiger partial charge >= 0.3 is 0 Å². The summed E-state index contributed by atoms with van der Waals surface area (Å²) in [5.74, 6) is 0.773. The monoisotopic (exact) mass is 391 g/mol. The lowest BCUT2D eigenvalue weighted by molar-refractivity contribution is 0.0557. The van der Waals surface area contributed by atoms with E-state index in [0.717, 1.165) is 51.9 Å². The van der Waals surface area contributed by atoms with Gasteiger partial charge in [-0.1, -0.05) is 18.2 Å². The van der Waals surface area contributed by atoms with Crippen LogP contribution in [-0.4, -0.2) is 88.2 Å². The molecular formula is C23H39N2O3. The molecule has 28 heavy (non-hydrogen) atoms. The molecule has 5 heteroatoms. The SMILES string of the molecule is CCOC1[CH]C=CC=C1CN(CC1CCN(CCOC)CC1)CC1CCCO1. The van der Waals surface area contributed by atoms with Gasteiger partial charge in [0.15, 0.2) is 0 Å². The second-order valence-corrected chi connectivity index (χ2v) is 8.30. The smallest absolute Gasteiger partial charge is 0.0869 e. The van der Waals surface area contributed by atoms with Gasteiger partial charge < -0.3 is 19.1 Å². The molecule has 0 amide bonds. The zero-order chi connectivity index (χ0) is 19.6. The molecule has 2 aliphatic heterocycles. The van der Waals surface area contributed by atoms with E-state index < -0.39 is 0 Å². The van der Waals surface area contributed by atoms with Crippen LogP contribution in [0, 0.1) is 12.3 Å². The average Bonchev–Trinajstić information content (AvgIpc) is 3.22. The van der Waals surface area contributed by atoms with Gasteiger partial charge in [0.05, 0.1) is 18.8 Å². The number of piperidine rings is 1. The molecule has 0 bridgehead atoms. The Morgan fingerprint density at radius 3 is 2.75 bits per heavy atom. The lowest BCUT2D eigenvalue weighted by Gasteiger charge is -2.36. The molecule has 0 spiro atoms. The van der Waals surface area contributed by atoms with Crippen molar-refractivity contribution in [1.29, 1.82) is 0 Å². The van der Waals surface area contributed by atoms with Gasteiger partial charge in [0.2, 0.25) is 0 Å². The minimum Gasteiger partial charge on any atom is -0.383 e. The Kier molecular flexibility index (Phi) is 9.48.